The number of carbonyl (C=O) groups is 2. The second-order valence-corrected chi connectivity index (χ2v) is 11.0. The molecule has 2 bridgehead atoms. The van der Waals surface area contributed by atoms with E-state index >= 15 is 0 Å². The molecule has 2 aromatic carbocycles. The van der Waals surface area contributed by atoms with Crippen LogP contribution in [0.2, 0.25) is 0 Å². The molecule has 2 atom stereocenters. The van der Waals surface area contributed by atoms with Gasteiger partial charge >= 0.3 is 0 Å². The maximum atomic E-state index is 13.3. The van der Waals surface area contributed by atoms with E-state index in [1.165, 1.54) is 0 Å². The number of anilines is 1. The molecular weight excluding hydrogens is 443 g/mol. The number of fused-ring (bicyclic) bond motifs is 2. The summed E-state index contributed by atoms with van der Waals surface area (Å²) in [6.07, 6.45) is 3.29. The topological polar surface area (TPSA) is 49.4 Å². The van der Waals surface area contributed by atoms with Gasteiger partial charge in [0.15, 0.2) is 0 Å². The number of hydrogen-bond acceptors (Lipinski definition) is 2. The average Bonchev–Trinajstić information content (AvgIpc) is 3.01. The predicted molar refractivity (Wildman–Crippen MR) is 131 cm³/mol. The van der Waals surface area contributed by atoms with E-state index < -0.39 is 0 Å². The average molecular weight is 473 g/mol. The van der Waals surface area contributed by atoms with Crippen LogP contribution in [0.15, 0.2) is 42.5 Å². The number of alkyl halides is 2. The molecule has 1 heterocycles. The van der Waals surface area contributed by atoms with Gasteiger partial charge in [0.2, 0.25) is 0 Å². The molecule has 2 fully saturated rings. The van der Waals surface area contributed by atoms with Gasteiger partial charge < -0.3 is 10.2 Å². The Kier molecular flexibility index (Phi) is 6.30. The third-order valence-electron chi connectivity index (χ3n) is 6.69. The molecule has 1 aliphatic carbocycles. The molecular formula is C26H30Cl2N2O2. The van der Waals surface area contributed by atoms with E-state index in [2.05, 4.69) is 31.0 Å². The Balaban J connectivity index is 1.46. The normalized spacial score (nSPS) is 23.8. The van der Waals surface area contributed by atoms with E-state index in [0.717, 1.165) is 36.9 Å². The molecule has 0 radical (unpaired) electrons. The van der Waals surface area contributed by atoms with Crippen molar-refractivity contribution in [1.82, 2.24) is 4.90 Å². The number of halogens is 2. The highest BCUT2D eigenvalue weighted by Crippen LogP contribution is 2.52. The van der Waals surface area contributed by atoms with E-state index in [1.807, 2.05) is 6.07 Å². The van der Waals surface area contributed by atoms with Gasteiger partial charge in [-0.2, -0.15) is 0 Å². The Morgan fingerprint density at radius 2 is 1.59 bits per heavy atom. The second kappa shape index (κ2) is 8.72. The molecule has 2 amide bonds. The number of amides is 2. The number of likely N-dealkylation sites (tertiary alicyclic amines) is 1. The van der Waals surface area contributed by atoms with Crippen LogP contribution in [0, 0.1) is 10.8 Å². The monoisotopic (exact) mass is 472 g/mol. The third kappa shape index (κ3) is 4.82. The molecule has 0 aromatic heterocycles. The minimum Gasteiger partial charge on any atom is -0.335 e. The van der Waals surface area contributed by atoms with E-state index in [4.69, 9.17) is 23.2 Å². The summed E-state index contributed by atoms with van der Waals surface area (Å²) in [6.45, 7) is 7.74. The van der Waals surface area contributed by atoms with Crippen molar-refractivity contribution in [3.63, 3.8) is 0 Å². The minimum absolute atomic E-state index is 0.0795. The van der Waals surface area contributed by atoms with Crippen molar-refractivity contribution < 1.29 is 9.59 Å². The zero-order chi connectivity index (χ0) is 23.1. The fourth-order valence-electron chi connectivity index (χ4n) is 5.81. The lowest BCUT2D eigenvalue weighted by molar-refractivity contribution is 0.0708. The summed E-state index contributed by atoms with van der Waals surface area (Å²) in [7, 11) is 0. The first-order valence-corrected chi connectivity index (χ1v) is 12.2. The highest BCUT2D eigenvalue weighted by molar-refractivity contribution is 6.18. The van der Waals surface area contributed by atoms with Crippen molar-refractivity contribution in [2.45, 2.75) is 57.8 Å². The molecule has 2 aromatic rings. The van der Waals surface area contributed by atoms with E-state index in [9.17, 15) is 9.59 Å². The number of rotatable bonds is 5. The van der Waals surface area contributed by atoms with Crippen LogP contribution < -0.4 is 5.32 Å². The summed E-state index contributed by atoms with van der Waals surface area (Å²) in [5, 5.41) is 2.90. The number of hydrogen-bond donors (Lipinski definition) is 1. The first kappa shape index (κ1) is 23.1. The van der Waals surface area contributed by atoms with Crippen molar-refractivity contribution in [2.24, 2.45) is 10.8 Å². The zero-order valence-corrected chi connectivity index (χ0v) is 20.4. The summed E-state index contributed by atoms with van der Waals surface area (Å²) < 4.78 is 0. The third-order valence-corrected chi connectivity index (χ3v) is 7.31. The molecule has 2 aliphatic rings. The number of nitrogens with one attached hydrogen (secondary N) is 1. The molecule has 1 saturated heterocycles. The summed E-state index contributed by atoms with van der Waals surface area (Å²) in [6, 6.07) is 12.9. The van der Waals surface area contributed by atoms with Crippen LogP contribution in [-0.2, 0) is 11.8 Å². The van der Waals surface area contributed by atoms with E-state index in [1.54, 1.807) is 36.4 Å². The van der Waals surface area contributed by atoms with Gasteiger partial charge in [0.05, 0.1) is 0 Å². The second-order valence-electron chi connectivity index (χ2n) is 10.5. The first-order chi connectivity index (χ1) is 15.1. The van der Waals surface area contributed by atoms with Crippen LogP contribution in [0.1, 0.15) is 71.9 Å². The van der Waals surface area contributed by atoms with Gasteiger partial charge in [-0.3, -0.25) is 9.59 Å². The van der Waals surface area contributed by atoms with Crippen molar-refractivity contribution in [3.8, 4) is 0 Å². The van der Waals surface area contributed by atoms with Crippen LogP contribution in [0.3, 0.4) is 0 Å². The standard InChI is InChI=1S/C26H30Cl2N2O2/c1-25(2)11-22-12-26(3,15-25)16-30(22)24(32)19-4-6-21(7-5-19)29-23(31)20-9-17(13-27)8-18(10-20)14-28/h4-10,22H,11-16H2,1-3H3,(H,29,31). The fraction of sp³-hybridized carbons (Fsp3) is 0.462. The van der Waals surface area contributed by atoms with Gasteiger partial charge in [-0.05, 0) is 77.6 Å². The van der Waals surface area contributed by atoms with E-state index in [0.29, 0.717) is 34.6 Å². The van der Waals surface area contributed by atoms with Crippen LogP contribution in [0.25, 0.3) is 0 Å². The molecule has 1 saturated carbocycles. The van der Waals surface area contributed by atoms with Crippen LogP contribution >= 0.6 is 23.2 Å². The smallest absolute Gasteiger partial charge is 0.255 e. The van der Waals surface area contributed by atoms with Crippen molar-refractivity contribution in [3.05, 3.63) is 64.7 Å². The molecule has 4 nitrogen and oxygen atoms in total. The molecule has 1 N–H and O–H groups in total. The zero-order valence-electron chi connectivity index (χ0n) is 18.9. The molecule has 32 heavy (non-hydrogen) atoms. The van der Waals surface area contributed by atoms with Gasteiger partial charge in [-0.25, -0.2) is 0 Å². The highest BCUT2D eigenvalue weighted by atomic mass is 35.5. The lowest BCUT2D eigenvalue weighted by Gasteiger charge is -2.39. The van der Waals surface area contributed by atoms with Gasteiger partial charge in [0, 0.05) is 41.2 Å². The first-order valence-electron chi connectivity index (χ1n) is 11.1. The Labute approximate surface area is 200 Å². The molecule has 6 heteroatoms. The summed E-state index contributed by atoms with van der Waals surface area (Å²) in [5.41, 5.74) is 3.99. The lowest BCUT2D eigenvalue weighted by Crippen LogP contribution is -2.37. The Hall–Kier alpha value is -2.04. The number of carbonyl (C=O) groups excluding carboxylic acids is 2. The molecule has 2 unspecified atom stereocenters. The van der Waals surface area contributed by atoms with Crippen LogP contribution in [0.4, 0.5) is 5.69 Å². The Morgan fingerprint density at radius 1 is 0.969 bits per heavy atom. The number of nitrogens with zero attached hydrogens (tertiary/aromatic N) is 1. The van der Waals surface area contributed by atoms with Crippen molar-refractivity contribution in [1.29, 1.82) is 0 Å². The molecule has 0 spiro atoms. The largest absolute Gasteiger partial charge is 0.335 e. The lowest BCUT2D eigenvalue weighted by atomic mass is 9.65. The van der Waals surface area contributed by atoms with Crippen molar-refractivity contribution in [2.75, 3.05) is 11.9 Å². The molecule has 1 aliphatic heterocycles. The summed E-state index contributed by atoms with van der Waals surface area (Å²) in [4.78, 5) is 28.0. The van der Waals surface area contributed by atoms with Gasteiger partial charge in [-0.1, -0.05) is 26.8 Å². The summed E-state index contributed by atoms with van der Waals surface area (Å²) >= 11 is 11.9. The fourth-order valence-corrected chi connectivity index (χ4v) is 6.12. The van der Waals surface area contributed by atoms with Gasteiger partial charge in [0.25, 0.3) is 11.8 Å². The van der Waals surface area contributed by atoms with Crippen molar-refractivity contribution >= 4 is 40.7 Å². The van der Waals surface area contributed by atoms with Crippen LogP contribution in [0.5, 0.6) is 0 Å². The van der Waals surface area contributed by atoms with Gasteiger partial charge in [-0.15, -0.1) is 23.2 Å². The highest BCUT2D eigenvalue weighted by Gasteiger charge is 2.50. The summed E-state index contributed by atoms with van der Waals surface area (Å²) in [5.74, 6) is 0.479. The maximum Gasteiger partial charge on any atom is 0.255 e. The Bertz CT molecular complexity index is 1010. The predicted octanol–water partition coefficient (Wildman–Crippen LogP) is 6.46. The van der Waals surface area contributed by atoms with E-state index in [-0.39, 0.29) is 22.6 Å². The quantitative estimate of drug-likeness (QED) is 0.507. The molecule has 4 rings (SSSR count). The minimum atomic E-state index is -0.231. The maximum absolute atomic E-state index is 13.3. The SMILES string of the molecule is CC1(C)CC2CC(C)(CN2C(=O)c2ccc(NC(=O)c3cc(CCl)cc(CCl)c3)cc2)C1. The Morgan fingerprint density at radius 3 is 2.19 bits per heavy atom. The van der Waals surface area contributed by atoms with Gasteiger partial charge in [0.1, 0.15) is 0 Å². The molecule has 170 valence electrons. The number of benzene rings is 2. The van der Waals surface area contributed by atoms with Crippen LogP contribution in [-0.4, -0.2) is 29.3 Å².